The van der Waals surface area contributed by atoms with Crippen LogP contribution < -0.4 is 15.5 Å². The zero-order chi connectivity index (χ0) is 42.5. The number of fused-ring (bicyclic) bond motifs is 2. The molecule has 15 nitrogen and oxygen atoms in total. The Balaban J connectivity index is 0.692. The highest BCUT2D eigenvalue weighted by molar-refractivity contribution is 6.25. The maximum absolute atomic E-state index is 13.7. The summed E-state index contributed by atoms with van der Waals surface area (Å²) in [6.45, 7) is 8.74. The van der Waals surface area contributed by atoms with Gasteiger partial charge in [0.15, 0.2) is 0 Å². The molecule has 320 valence electrons. The van der Waals surface area contributed by atoms with E-state index in [1.165, 1.54) is 12.8 Å². The van der Waals surface area contributed by atoms with Crippen LogP contribution in [0.25, 0.3) is 22.2 Å². The molecule has 5 aliphatic heterocycles. The predicted molar refractivity (Wildman–Crippen MR) is 234 cm³/mol. The quantitative estimate of drug-likeness (QED) is 0.150. The molecule has 7 heterocycles. The number of imide groups is 2. The molecule has 0 saturated carbocycles. The highest BCUT2D eigenvalue weighted by Gasteiger charge is 2.46. The number of amides is 5. The lowest BCUT2D eigenvalue weighted by atomic mass is 9.93. The molecule has 3 N–H and O–H groups in total. The summed E-state index contributed by atoms with van der Waals surface area (Å²) in [5.74, 6) is -0.603. The van der Waals surface area contributed by atoms with Gasteiger partial charge in [-0.1, -0.05) is 18.2 Å². The van der Waals surface area contributed by atoms with Crippen LogP contribution >= 0.6 is 0 Å². The van der Waals surface area contributed by atoms with Gasteiger partial charge in [0.1, 0.15) is 11.9 Å². The van der Waals surface area contributed by atoms with Gasteiger partial charge < -0.3 is 20.1 Å². The van der Waals surface area contributed by atoms with Crippen molar-refractivity contribution in [3.63, 3.8) is 0 Å². The Hall–Kier alpha value is -6.19. The standard InChI is InChI=1S/C47H52N10O5/c1-29-4-3-19-55(29)28-41-50-37-12-11-34(24-38(37)51-41)49-44(59)32-9-7-31(8-10-32)33-25-48-56(27-33)35-17-20-53(21-18-35)26-30-15-22-54(23-16-30)39-6-2-5-36-43(39)47(62)57(46(36)61)40-13-14-42(58)52-45(40)60/h2,5-12,24-25,27,29-30,35,40H,3-4,13-23,26,28H2,1H3,(H,49,59)(H,50,51)(H,52,58,60)/t29-,40?/m0/s1. The van der Waals surface area contributed by atoms with Gasteiger partial charge in [0.05, 0.1) is 46.6 Å². The molecule has 5 aromatic rings. The normalized spacial score (nSPS) is 21.9. The van der Waals surface area contributed by atoms with Gasteiger partial charge in [-0.05, 0) is 112 Å². The number of piperidine rings is 3. The van der Waals surface area contributed by atoms with E-state index in [2.05, 4.69) is 48.1 Å². The first kappa shape index (κ1) is 39.9. The summed E-state index contributed by atoms with van der Waals surface area (Å²) in [6.07, 6.45) is 10.7. The Bertz CT molecular complexity index is 2550. The van der Waals surface area contributed by atoms with Crippen LogP contribution in [0, 0.1) is 5.92 Å². The third-order valence-corrected chi connectivity index (χ3v) is 13.8. The van der Waals surface area contributed by atoms with Crippen LogP contribution in [0.5, 0.6) is 0 Å². The molecule has 10 rings (SSSR count). The zero-order valence-corrected chi connectivity index (χ0v) is 35.0. The van der Waals surface area contributed by atoms with Crippen molar-refractivity contribution in [2.45, 2.75) is 83.0 Å². The number of imidazole rings is 1. The minimum absolute atomic E-state index is 0.0949. The first-order chi connectivity index (χ1) is 30.1. The van der Waals surface area contributed by atoms with Crippen molar-refractivity contribution in [1.82, 2.24) is 39.8 Å². The molecule has 5 aliphatic rings. The Labute approximate surface area is 359 Å². The first-order valence-corrected chi connectivity index (χ1v) is 22.2. The lowest BCUT2D eigenvalue weighted by Gasteiger charge is -2.38. The molecule has 0 bridgehead atoms. The van der Waals surface area contributed by atoms with Gasteiger partial charge in [0.2, 0.25) is 11.8 Å². The highest BCUT2D eigenvalue weighted by Crippen LogP contribution is 2.36. The van der Waals surface area contributed by atoms with Crippen molar-refractivity contribution in [2.24, 2.45) is 5.92 Å². The minimum atomic E-state index is -0.976. The van der Waals surface area contributed by atoms with E-state index in [0.717, 1.165) is 116 Å². The largest absolute Gasteiger partial charge is 0.371 e. The van der Waals surface area contributed by atoms with E-state index in [0.29, 0.717) is 34.7 Å². The van der Waals surface area contributed by atoms with E-state index in [-0.39, 0.29) is 24.7 Å². The second-order valence-corrected chi connectivity index (χ2v) is 17.7. The van der Waals surface area contributed by atoms with Crippen LogP contribution in [0.3, 0.4) is 0 Å². The number of benzene rings is 3. The Morgan fingerprint density at radius 3 is 2.42 bits per heavy atom. The van der Waals surface area contributed by atoms with Crippen LogP contribution in [-0.4, -0.2) is 115 Å². The summed E-state index contributed by atoms with van der Waals surface area (Å²) in [7, 11) is 0. The monoisotopic (exact) mass is 836 g/mol. The van der Waals surface area contributed by atoms with E-state index in [1.54, 1.807) is 12.1 Å². The number of nitrogens with zero attached hydrogens (tertiary/aromatic N) is 7. The Morgan fingerprint density at radius 2 is 1.66 bits per heavy atom. The third-order valence-electron chi connectivity index (χ3n) is 13.8. The van der Waals surface area contributed by atoms with Gasteiger partial charge in [0, 0.05) is 68.2 Å². The van der Waals surface area contributed by atoms with Crippen molar-refractivity contribution in [3.8, 4) is 11.1 Å². The SMILES string of the molecule is C[C@H]1CCCN1Cc1nc2ccc(NC(=O)c3ccc(-c4cnn(C5CCN(CC6CCN(c7cccc8c7C(=O)N(C7CCC(=O)NC7=O)C8=O)CC6)CC5)c4)cc3)cc2[nH]1. The molecule has 0 radical (unpaired) electrons. The number of aromatic amines is 1. The zero-order valence-electron chi connectivity index (χ0n) is 35.0. The summed E-state index contributed by atoms with van der Waals surface area (Å²) < 4.78 is 2.10. The van der Waals surface area contributed by atoms with E-state index >= 15 is 0 Å². The molecule has 15 heteroatoms. The number of aromatic nitrogens is 4. The molecule has 4 saturated heterocycles. The molecule has 3 aromatic carbocycles. The second-order valence-electron chi connectivity index (χ2n) is 17.7. The van der Waals surface area contributed by atoms with E-state index in [4.69, 9.17) is 10.1 Å². The highest BCUT2D eigenvalue weighted by atomic mass is 16.2. The maximum atomic E-state index is 13.7. The average Bonchev–Trinajstić information content (AvgIpc) is 4.08. The fraction of sp³-hybridized carbons (Fsp3) is 0.426. The molecular weight excluding hydrogens is 785 g/mol. The minimum Gasteiger partial charge on any atom is -0.371 e. The molecular formula is C47H52N10O5. The molecule has 5 amide bonds. The molecule has 62 heavy (non-hydrogen) atoms. The lowest BCUT2D eigenvalue weighted by molar-refractivity contribution is -0.136. The number of anilines is 2. The van der Waals surface area contributed by atoms with Crippen molar-refractivity contribution in [3.05, 3.63) is 95.6 Å². The molecule has 2 aromatic heterocycles. The van der Waals surface area contributed by atoms with Crippen LogP contribution in [0.1, 0.15) is 101 Å². The molecule has 2 atom stereocenters. The van der Waals surface area contributed by atoms with E-state index < -0.39 is 23.8 Å². The van der Waals surface area contributed by atoms with Gasteiger partial charge in [-0.15, -0.1) is 0 Å². The number of hydrogen-bond acceptors (Lipinski definition) is 10. The molecule has 0 aliphatic carbocycles. The van der Waals surface area contributed by atoms with Crippen molar-refractivity contribution in [1.29, 1.82) is 0 Å². The topological polar surface area (TPSA) is 169 Å². The summed E-state index contributed by atoms with van der Waals surface area (Å²) in [5.41, 5.74) is 6.57. The van der Waals surface area contributed by atoms with Crippen molar-refractivity contribution < 1.29 is 24.0 Å². The summed E-state index contributed by atoms with van der Waals surface area (Å²) in [4.78, 5) is 81.0. The smallest absolute Gasteiger partial charge is 0.264 e. The predicted octanol–water partition coefficient (Wildman–Crippen LogP) is 5.62. The van der Waals surface area contributed by atoms with Crippen molar-refractivity contribution >= 4 is 51.9 Å². The van der Waals surface area contributed by atoms with Crippen LogP contribution in [0.2, 0.25) is 0 Å². The number of rotatable bonds is 10. The third kappa shape index (κ3) is 7.79. The summed E-state index contributed by atoms with van der Waals surface area (Å²) >= 11 is 0. The van der Waals surface area contributed by atoms with Crippen LogP contribution in [0.15, 0.2) is 73.1 Å². The average molecular weight is 837 g/mol. The number of hydrogen-bond donors (Lipinski definition) is 3. The molecule has 4 fully saturated rings. The van der Waals surface area contributed by atoms with Gasteiger partial charge in [0.25, 0.3) is 17.7 Å². The number of H-pyrrole nitrogens is 1. The number of nitrogens with one attached hydrogen (secondary N) is 3. The van der Waals surface area contributed by atoms with E-state index in [1.807, 2.05) is 54.7 Å². The van der Waals surface area contributed by atoms with Crippen molar-refractivity contribution in [2.75, 3.05) is 49.5 Å². The number of carbonyl (C=O) groups excluding carboxylic acids is 5. The second kappa shape index (κ2) is 16.6. The Morgan fingerprint density at radius 1 is 0.855 bits per heavy atom. The summed E-state index contributed by atoms with van der Waals surface area (Å²) in [5, 5.41) is 10.1. The van der Waals surface area contributed by atoms with Crippen LogP contribution in [-0.2, 0) is 16.1 Å². The Kier molecular flexibility index (Phi) is 10.7. The first-order valence-electron chi connectivity index (χ1n) is 22.2. The molecule has 1 unspecified atom stereocenters. The number of likely N-dealkylation sites (tertiary alicyclic amines) is 2. The van der Waals surface area contributed by atoms with Gasteiger partial charge in [-0.3, -0.25) is 43.8 Å². The fourth-order valence-electron chi connectivity index (χ4n) is 10.2. The maximum Gasteiger partial charge on any atom is 0.264 e. The van der Waals surface area contributed by atoms with Crippen LogP contribution in [0.4, 0.5) is 11.4 Å². The van der Waals surface area contributed by atoms with Gasteiger partial charge in [-0.25, -0.2) is 4.98 Å². The lowest BCUT2D eigenvalue weighted by Crippen LogP contribution is -2.54. The fourth-order valence-corrected chi connectivity index (χ4v) is 10.2. The van der Waals surface area contributed by atoms with Gasteiger partial charge >= 0.3 is 0 Å². The number of carbonyl (C=O) groups is 5. The summed E-state index contributed by atoms with van der Waals surface area (Å²) in [6, 6.07) is 18.7. The van der Waals surface area contributed by atoms with E-state index in [9.17, 15) is 24.0 Å². The molecule has 0 spiro atoms. The van der Waals surface area contributed by atoms with Gasteiger partial charge in [-0.2, -0.15) is 5.10 Å².